The van der Waals surface area contributed by atoms with Crippen molar-refractivity contribution in [3.8, 4) is 17.6 Å². The molecule has 0 atom stereocenters. The number of benzene rings is 3. The van der Waals surface area contributed by atoms with Crippen LogP contribution >= 0.6 is 11.6 Å². The van der Waals surface area contributed by atoms with Crippen molar-refractivity contribution in [3.05, 3.63) is 106 Å². The van der Waals surface area contributed by atoms with Crippen LogP contribution in [-0.4, -0.2) is 12.5 Å². The standard InChI is InChI=1S/C28H24ClFN2O3/c1-3-9-20-14-19(15-22(17-31)28(33)32-25-13-8-6-11-23(25)29)16-26(34-4-2)27(20)35-18-21-10-5-7-12-24(21)30/h3,5-8,10-16H,1,4,9,18H2,2H3,(H,32,33)/b22-15+. The zero-order chi connectivity index (χ0) is 25.2. The van der Waals surface area contributed by atoms with E-state index in [1.165, 1.54) is 12.1 Å². The van der Waals surface area contributed by atoms with Gasteiger partial charge in [-0.1, -0.05) is 48.0 Å². The number of nitriles is 1. The average Bonchev–Trinajstić information content (AvgIpc) is 2.84. The maximum absolute atomic E-state index is 14.1. The molecule has 1 N–H and O–H groups in total. The van der Waals surface area contributed by atoms with Crippen molar-refractivity contribution in [2.24, 2.45) is 0 Å². The first-order valence-electron chi connectivity index (χ1n) is 10.9. The van der Waals surface area contributed by atoms with E-state index in [0.717, 1.165) is 5.56 Å². The number of ether oxygens (including phenoxy) is 2. The first-order valence-corrected chi connectivity index (χ1v) is 11.3. The van der Waals surface area contributed by atoms with Crippen molar-refractivity contribution in [1.29, 1.82) is 5.26 Å². The highest BCUT2D eigenvalue weighted by molar-refractivity contribution is 6.34. The van der Waals surface area contributed by atoms with Gasteiger partial charge in [-0.05, 0) is 55.3 Å². The summed E-state index contributed by atoms with van der Waals surface area (Å²) in [4.78, 5) is 12.7. The Kier molecular flexibility index (Phi) is 9.05. The largest absolute Gasteiger partial charge is 0.490 e. The number of hydrogen-bond acceptors (Lipinski definition) is 4. The fraction of sp³-hybridized carbons (Fsp3) is 0.143. The Balaban J connectivity index is 1.95. The molecule has 0 saturated carbocycles. The molecule has 0 aromatic heterocycles. The number of amides is 1. The summed E-state index contributed by atoms with van der Waals surface area (Å²) in [5.74, 6) is -0.0911. The zero-order valence-electron chi connectivity index (χ0n) is 19.2. The Morgan fingerprint density at radius 2 is 1.89 bits per heavy atom. The van der Waals surface area contributed by atoms with Crippen molar-refractivity contribution >= 4 is 29.3 Å². The second kappa shape index (κ2) is 12.4. The molecule has 178 valence electrons. The number of anilines is 1. The molecular formula is C28H24ClFN2O3. The highest BCUT2D eigenvalue weighted by Crippen LogP contribution is 2.35. The maximum atomic E-state index is 14.1. The van der Waals surface area contributed by atoms with Crippen LogP contribution in [0, 0.1) is 17.1 Å². The number of halogens is 2. The molecule has 0 aliphatic rings. The van der Waals surface area contributed by atoms with Gasteiger partial charge >= 0.3 is 0 Å². The number of nitrogens with zero attached hydrogens (tertiary/aromatic N) is 1. The number of allylic oxidation sites excluding steroid dienone is 1. The smallest absolute Gasteiger partial charge is 0.266 e. The van der Waals surface area contributed by atoms with Crippen LogP contribution in [0.2, 0.25) is 5.02 Å². The highest BCUT2D eigenvalue weighted by Gasteiger charge is 2.16. The molecule has 0 saturated heterocycles. The first kappa shape index (κ1) is 25.5. The molecular weight excluding hydrogens is 467 g/mol. The van der Waals surface area contributed by atoms with Crippen LogP contribution in [0.4, 0.5) is 10.1 Å². The van der Waals surface area contributed by atoms with Gasteiger partial charge in [0, 0.05) is 11.1 Å². The van der Waals surface area contributed by atoms with Crippen LogP contribution < -0.4 is 14.8 Å². The third-order valence-electron chi connectivity index (χ3n) is 4.95. The van der Waals surface area contributed by atoms with E-state index < -0.39 is 5.91 Å². The van der Waals surface area contributed by atoms with Gasteiger partial charge < -0.3 is 14.8 Å². The van der Waals surface area contributed by atoms with E-state index in [4.69, 9.17) is 21.1 Å². The van der Waals surface area contributed by atoms with Crippen LogP contribution in [0.25, 0.3) is 6.08 Å². The van der Waals surface area contributed by atoms with Crippen LogP contribution in [0.1, 0.15) is 23.6 Å². The molecule has 35 heavy (non-hydrogen) atoms. The minimum absolute atomic E-state index is 0.00969. The Hall–Kier alpha value is -4.08. The molecule has 3 aromatic rings. The van der Waals surface area contributed by atoms with Gasteiger partial charge in [-0.2, -0.15) is 5.26 Å². The van der Waals surface area contributed by atoms with Crippen molar-refractivity contribution in [2.45, 2.75) is 20.0 Å². The Morgan fingerprint density at radius 1 is 1.14 bits per heavy atom. The summed E-state index contributed by atoms with van der Waals surface area (Å²) >= 11 is 6.11. The fourth-order valence-electron chi connectivity index (χ4n) is 3.33. The zero-order valence-corrected chi connectivity index (χ0v) is 19.9. The Morgan fingerprint density at radius 3 is 2.57 bits per heavy atom. The normalized spacial score (nSPS) is 10.9. The van der Waals surface area contributed by atoms with E-state index in [9.17, 15) is 14.4 Å². The SMILES string of the molecule is C=CCc1cc(/C=C(\C#N)C(=O)Nc2ccccc2Cl)cc(OCC)c1OCc1ccccc1F. The van der Waals surface area contributed by atoms with E-state index in [1.54, 1.807) is 60.7 Å². The predicted octanol–water partition coefficient (Wildman–Crippen LogP) is 6.73. The lowest BCUT2D eigenvalue weighted by atomic mass is 10.0. The summed E-state index contributed by atoms with van der Waals surface area (Å²) in [7, 11) is 0. The van der Waals surface area contributed by atoms with Gasteiger partial charge in [-0.15, -0.1) is 6.58 Å². The number of carbonyl (C=O) groups is 1. The van der Waals surface area contributed by atoms with E-state index >= 15 is 0 Å². The number of nitrogens with one attached hydrogen (secondary N) is 1. The summed E-state index contributed by atoms with van der Waals surface area (Å²) in [5.41, 5.74) is 1.98. The fourth-order valence-corrected chi connectivity index (χ4v) is 3.52. The molecule has 0 heterocycles. The van der Waals surface area contributed by atoms with Gasteiger partial charge in [-0.25, -0.2) is 4.39 Å². The second-order valence-corrected chi connectivity index (χ2v) is 7.82. The Labute approximate surface area is 209 Å². The van der Waals surface area contributed by atoms with Crippen LogP contribution in [0.15, 0.2) is 78.9 Å². The number of carbonyl (C=O) groups excluding carboxylic acids is 1. The molecule has 3 rings (SSSR count). The highest BCUT2D eigenvalue weighted by atomic mass is 35.5. The second-order valence-electron chi connectivity index (χ2n) is 7.42. The van der Waals surface area contributed by atoms with Gasteiger partial charge in [0.15, 0.2) is 11.5 Å². The third kappa shape index (κ3) is 6.72. The molecule has 0 fully saturated rings. The quantitative estimate of drug-likeness (QED) is 0.194. The van der Waals surface area contributed by atoms with Crippen LogP contribution in [0.3, 0.4) is 0 Å². The molecule has 0 unspecified atom stereocenters. The predicted molar refractivity (Wildman–Crippen MR) is 136 cm³/mol. The monoisotopic (exact) mass is 490 g/mol. The molecule has 0 spiro atoms. The molecule has 1 amide bonds. The lowest BCUT2D eigenvalue weighted by Gasteiger charge is -2.17. The first-order chi connectivity index (χ1) is 17.0. The summed E-state index contributed by atoms with van der Waals surface area (Å²) in [5, 5.41) is 12.6. The summed E-state index contributed by atoms with van der Waals surface area (Å²) in [6.45, 7) is 5.99. The maximum Gasteiger partial charge on any atom is 0.266 e. The van der Waals surface area contributed by atoms with Gasteiger partial charge in [0.05, 0.1) is 17.3 Å². The van der Waals surface area contributed by atoms with E-state index in [-0.39, 0.29) is 18.0 Å². The van der Waals surface area contributed by atoms with Crippen molar-refractivity contribution in [2.75, 3.05) is 11.9 Å². The minimum atomic E-state index is -0.594. The molecule has 5 nitrogen and oxygen atoms in total. The summed E-state index contributed by atoms with van der Waals surface area (Å²) in [6, 6.07) is 18.5. The molecule has 3 aromatic carbocycles. The Bertz CT molecular complexity index is 1300. The van der Waals surface area contributed by atoms with Gasteiger partial charge in [0.1, 0.15) is 24.1 Å². The number of para-hydroxylation sites is 1. The molecule has 0 aliphatic carbocycles. The van der Waals surface area contributed by atoms with Crippen molar-refractivity contribution in [3.63, 3.8) is 0 Å². The van der Waals surface area contributed by atoms with E-state index in [1.807, 2.05) is 13.0 Å². The third-order valence-corrected chi connectivity index (χ3v) is 5.28. The summed E-state index contributed by atoms with van der Waals surface area (Å²) < 4.78 is 25.8. The van der Waals surface area contributed by atoms with Crippen LogP contribution in [-0.2, 0) is 17.8 Å². The lowest BCUT2D eigenvalue weighted by molar-refractivity contribution is -0.112. The number of hydrogen-bond donors (Lipinski definition) is 1. The topological polar surface area (TPSA) is 71.4 Å². The van der Waals surface area contributed by atoms with Gasteiger partial charge in [0.2, 0.25) is 0 Å². The van der Waals surface area contributed by atoms with Gasteiger partial charge in [0.25, 0.3) is 5.91 Å². The van der Waals surface area contributed by atoms with Crippen molar-refractivity contribution in [1.82, 2.24) is 0 Å². The minimum Gasteiger partial charge on any atom is -0.490 e. The number of rotatable bonds is 10. The summed E-state index contributed by atoms with van der Waals surface area (Å²) in [6.07, 6.45) is 3.59. The average molecular weight is 491 g/mol. The molecule has 0 radical (unpaired) electrons. The molecule has 7 heteroatoms. The van der Waals surface area contributed by atoms with Gasteiger partial charge in [-0.3, -0.25) is 4.79 Å². The van der Waals surface area contributed by atoms with Crippen molar-refractivity contribution < 1.29 is 18.7 Å². The molecule has 0 bridgehead atoms. The van der Waals surface area contributed by atoms with E-state index in [2.05, 4.69) is 11.9 Å². The lowest BCUT2D eigenvalue weighted by Crippen LogP contribution is -2.13. The van der Waals surface area contributed by atoms with E-state index in [0.29, 0.717) is 46.4 Å². The molecule has 0 aliphatic heterocycles. The van der Waals surface area contributed by atoms with Crippen LogP contribution in [0.5, 0.6) is 11.5 Å².